The summed E-state index contributed by atoms with van der Waals surface area (Å²) in [6.45, 7) is -1.74. The first-order valence-corrected chi connectivity index (χ1v) is 11.0. The van der Waals surface area contributed by atoms with Crippen molar-refractivity contribution < 1.29 is 40.9 Å². The van der Waals surface area contributed by atoms with Crippen LogP contribution in [0.2, 0.25) is 0 Å². The Kier molecular flexibility index (Phi) is 8.90. The molecule has 3 rings (SSSR count). The van der Waals surface area contributed by atoms with E-state index in [4.69, 9.17) is 9.47 Å². The quantitative estimate of drug-likeness (QED) is 0.271. The Morgan fingerprint density at radius 3 is 2.37 bits per heavy atom. The van der Waals surface area contributed by atoms with E-state index in [2.05, 4.69) is 15.9 Å². The van der Waals surface area contributed by atoms with Crippen LogP contribution in [0.15, 0.2) is 71.2 Å². The molecule has 0 radical (unpaired) electrons. The molecule has 35 heavy (non-hydrogen) atoms. The average molecular weight is 564 g/mol. The van der Waals surface area contributed by atoms with Crippen molar-refractivity contribution >= 4 is 21.6 Å². The minimum Gasteiger partial charge on any atom is -0.488 e. The minimum absolute atomic E-state index is 0.105. The van der Waals surface area contributed by atoms with E-state index in [0.29, 0.717) is 10.0 Å². The van der Waals surface area contributed by atoms with Gasteiger partial charge in [0.05, 0.1) is 11.0 Å². The second kappa shape index (κ2) is 11.7. The molecule has 0 saturated heterocycles. The molecular weight excluding hydrogens is 544 g/mol. The van der Waals surface area contributed by atoms with Crippen molar-refractivity contribution in [2.24, 2.45) is 0 Å². The van der Waals surface area contributed by atoms with Crippen molar-refractivity contribution in [3.8, 4) is 17.2 Å². The van der Waals surface area contributed by atoms with Crippen LogP contribution in [0.4, 0.5) is 32.0 Å². The van der Waals surface area contributed by atoms with E-state index in [1.807, 2.05) is 0 Å². The maximum absolute atomic E-state index is 13.6. The smallest absolute Gasteiger partial charge is 0.416 e. The first-order valence-electron chi connectivity index (χ1n) is 10.2. The van der Waals surface area contributed by atoms with Crippen LogP contribution in [0.5, 0.6) is 17.2 Å². The summed E-state index contributed by atoms with van der Waals surface area (Å²) in [6.07, 6.45) is -10.2. The van der Waals surface area contributed by atoms with Gasteiger partial charge in [-0.15, -0.1) is 0 Å². The van der Waals surface area contributed by atoms with E-state index in [0.717, 1.165) is 6.07 Å². The molecule has 0 spiro atoms. The molecule has 0 fully saturated rings. The number of aliphatic hydroxyl groups excluding tert-OH is 1. The van der Waals surface area contributed by atoms with Crippen molar-refractivity contribution in [1.82, 2.24) is 0 Å². The zero-order valence-corrected chi connectivity index (χ0v) is 19.6. The van der Waals surface area contributed by atoms with Crippen LogP contribution >= 0.6 is 15.9 Å². The number of aliphatic hydroxyl groups is 1. The van der Waals surface area contributed by atoms with Crippen LogP contribution in [0.1, 0.15) is 5.56 Å². The maximum atomic E-state index is 13.6. The third-order valence-electron chi connectivity index (χ3n) is 4.72. The predicted octanol–water partition coefficient (Wildman–Crippen LogP) is 6.95. The first kappa shape index (κ1) is 26.7. The Morgan fingerprint density at radius 2 is 1.66 bits per heavy atom. The molecule has 0 aromatic heterocycles. The fourth-order valence-corrected chi connectivity index (χ4v) is 3.44. The molecule has 188 valence electrons. The van der Waals surface area contributed by atoms with Crippen molar-refractivity contribution in [1.29, 1.82) is 0 Å². The zero-order valence-electron chi connectivity index (χ0n) is 18.0. The Labute approximate surface area is 205 Å². The summed E-state index contributed by atoms with van der Waals surface area (Å²) in [7, 11) is 0. The molecule has 0 bridgehead atoms. The van der Waals surface area contributed by atoms with Gasteiger partial charge in [0.2, 0.25) is 0 Å². The Morgan fingerprint density at radius 1 is 0.943 bits per heavy atom. The van der Waals surface area contributed by atoms with Crippen LogP contribution < -0.4 is 14.4 Å². The highest BCUT2D eigenvalue weighted by Crippen LogP contribution is 2.33. The SMILES string of the molecule is O[C@H](CN(Cc1cccc(OCC(F)F)c1)c1cccc(Oc2cc(F)ccc2Br)c1)C(F)(F)F. The Bertz CT molecular complexity index is 1130. The van der Waals surface area contributed by atoms with Gasteiger partial charge in [0.15, 0.2) is 6.10 Å². The highest BCUT2D eigenvalue weighted by molar-refractivity contribution is 9.10. The van der Waals surface area contributed by atoms with Crippen molar-refractivity contribution in [3.63, 3.8) is 0 Å². The molecule has 3 aromatic rings. The van der Waals surface area contributed by atoms with Gasteiger partial charge in [-0.1, -0.05) is 18.2 Å². The number of ether oxygens (including phenoxy) is 2. The number of hydrogen-bond acceptors (Lipinski definition) is 4. The summed E-state index contributed by atoms with van der Waals surface area (Å²) in [5.74, 6) is -0.0300. The molecule has 11 heteroatoms. The number of nitrogens with zero attached hydrogens (tertiary/aromatic N) is 1. The lowest BCUT2D eigenvalue weighted by molar-refractivity contribution is -0.200. The number of alkyl halides is 5. The molecule has 0 aliphatic heterocycles. The van der Waals surface area contributed by atoms with Gasteiger partial charge in [0.25, 0.3) is 6.43 Å². The molecule has 0 heterocycles. The molecular formula is C24H20BrF6NO3. The van der Waals surface area contributed by atoms with Gasteiger partial charge < -0.3 is 19.5 Å². The number of benzene rings is 3. The van der Waals surface area contributed by atoms with E-state index < -0.39 is 37.7 Å². The lowest BCUT2D eigenvalue weighted by Crippen LogP contribution is -2.40. The van der Waals surface area contributed by atoms with E-state index in [1.165, 1.54) is 59.5 Å². The molecule has 0 amide bonds. The number of rotatable bonds is 10. The van der Waals surface area contributed by atoms with Gasteiger partial charge in [-0.3, -0.25) is 0 Å². The second-order valence-electron chi connectivity index (χ2n) is 7.46. The van der Waals surface area contributed by atoms with Crippen LogP contribution in [0, 0.1) is 5.82 Å². The lowest BCUT2D eigenvalue weighted by atomic mass is 10.1. The molecule has 0 unspecified atom stereocenters. The van der Waals surface area contributed by atoms with Gasteiger partial charge >= 0.3 is 6.18 Å². The summed E-state index contributed by atoms with van der Waals surface area (Å²) < 4.78 is 89.0. The predicted molar refractivity (Wildman–Crippen MR) is 122 cm³/mol. The fraction of sp³-hybridized carbons (Fsp3) is 0.250. The van der Waals surface area contributed by atoms with E-state index in [9.17, 15) is 31.4 Å². The van der Waals surface area contributed by atoms with Gasteiger partial charge in [0.1, 0.15) is 29.7 Å². The Balaban J connectivity index is 1.88. The molecule has 0 aliphatic carbocycles. The van der Waals surface area contributed by atoms with Crippen molar-refractivity contribution in [3.05, 3.63) is 82.6 Å². The van der Waals surface area contributed by atoms with Crippen LogP contribution in [0.3, 0.4) is 0 Å². The van der Waals surface area contributed by atoms with Crippen molar-refractivity contribution in [2.45, 2.75) is 25.3 Å². The molecule has 1 N–H and O–H groups in total. The zero-order chi connectivity index (χ0) is 25.6. The maximum Gasteiger partial charge on any atom is 0.416 e. The standard InChI is InChI=1S/C24H20BrF6NO3/c25-20-8-7-16(26)10-21(20)35-19-6-2-4-17(11-19)32(13-22(33)24(29,30)31)12-15-3-1-5-18(9-15)34-14-23(27)28/h1-11,22-23,33H,12-14H2/t22-/m1/s1. The highest BCUT2D eigenvalue weighted by atomic mass is 79.9. The third kappa shape index (κ3) is 8.07. The molecule has 4 nitrogen and oxygen atoms in total. The number of hydrogen-bond donors (Lipinski definition) is 1. The highest BCUT2D eigenvalue weighted by Gasteiger charge is 2.39. The lowest BCUT2D eigenvalue weighted by Gasteiger charge is -2.29. The first-order chi connectivity index (χ1) is 16.5. The minimum atomic E-state index is -4.86. The van der Waals surface area contributed by atoms with Gasteiger partial charge in [-0.25, -0.2) is 13.2 Å². The van der Waals surface area contributed by atoms with Gasteiger partial charge in [0, 0.05) is 24.4 Å². The molecule has 0 saturated carbocycles. The summed E-state index contributed by atoms with van der Waals surface area (Å²) in [4.78, 5) is 1.26. The van der Waals surface area contributed by atoms with Gasteiger partial charge in [-0.2, -0.15) is 13.2 Å². The van der Waals surface area contributed by atoms with Crippen LogP contribution in [0.25, 0.3) is 0 Å². The summed E-state index contributed by atoms with van der Waals surface area (Å²) in [5, 5.41) is 9.71. The summed E-state index contributed by atoms with van der Waals surface area (Å²) in [5.41, 5.74) is 0.738. The third-order valence-corrected chi connectivity index (χ3v) is 5.38. The number of halogens is 7. The monoisotopic (exact) mass is 563 g/mol. The topological polar surface area (TPSA) is 41.9 Å². The summed E-state index contributed by atoms with van der Waals surface area (Å²) >= 11 is 3.24. The van der Waals surface area contributed by atoms with Crippen molar-refractivity contribution in [2.75, 3.05) is 18.1 Å². The largest absolute Gasteiger partial charge is 0.488 e. The molecule has 1 atom stereocenters. The van der Waals surface area contributed by atoms with E-state index in [1.54, 1.807) is 6.07 Å². The normalized spacial score (nSPS) is 12.5. The van der Waals surface area contributed by atoms with Crippen LogP contribution in [-0.4, -0.2) is 37.0 Å². The van der Waals surface area contributed by atoms with Crippen LogP contribution in [-0.2, 0) is 6.54 Å². The fourth-order valence-electron chi connectivity index (χ4n) is 3.11. The molecule has 0 aliphatic rings. The molecule has 3 aromatic carbocycles. The summed E-state index contributed by atoms with van der Waals surface area (Å²) in [6, 6.07) is 15.9. The second-order valence-corrected chi connectivity index (χ2v) is 8.32. The van der Waals surface area contributed by atoms with Gasteiger partial charge in [-0.05, 0) is 57.9 Å². The van der Waals surface area contributed by atoms with E-state index in [-0.39, 0.29) is 29.5 Å². The number of anilines is 1. The average Bonchev–Trinajstić information content (AvgIpc) is 2.79. The van der Waals surface area contributed by atoms with E-state index >= 15 is 0 Å². The Hall–Kier alpha value is -2.92.